The zero-order valence-corrected chi connectivity index (χ0v) is 20.4. The molecule has 0 unspecified atom stereocenters. The van der Waals surface area contributed by atoms with Crippen LogP contribution in [0.1, 0.15) is 51.2 Å². The van der Waals surface area contributed by atoms with Gasteiger partial charge in [0.2, 0.25) is 11.8 Å². The van der Waals surface area contributed by atoms with Crippen molar-refractivity contribution >= 4 is 39.7 Å². The second-order valence-corrected chi connectivity index (χ2v) is 9.64. The number of nitrogens with zero attached hydrogens (tertiary/aromatic N) is 2. The number of carbonyl (C=O) groups is 2. The number of fused-ring (bicyclic) bond motifs is 2. The quantitative estimate of drug-likeness (QED) is 0.394. The van der Waals surface area contributed by atoms with Gasteiger partial charge in [-0.3, -0.25) is 14.6 Å². The van der Waals surface area contributed by atoms with E-state index in [0.717, 1.165) is 29.5 Å². The van der Waals surface area contributed by atoms with E-state index in [1.54, 1.807) is 18.3 Å². The third-order valence-corrected chi connectivity index (χ3v) is 6.44. The third-order valence-electron chi connectivity index (χ3n) is 6.44. The Bertz CT molecular complexity index is 1350. The zero-order chi connectivity index (χ0) is 26.1. The highest BCUT2D eigenvalue weighted by Gasteiger charge is 2.37. The first kappa shape index (κ1) is 25.4. The summed E-state index contributed by atoms with van der Waals surface area (Å²) in [6, 6.07) is 12.5. The first-order chi connectivity index (χ1) is 17.0. The van der Waals surface area contributed by atoms with E-state index in [1.807, 2.05) is 39.0 Å². The van der Waals surface area contributed by atoms with Crippen LogP contribution in [0.5, 0.6) is 0 Å². The minimum absolute atomic E-state index is 0.180. The number of carbonyl (C=O) groups excluding carboxylic acids is 2. The van der Waals surface area contributed by atoms with Crippen LogP contribution in [0, 0.1) is 5.41 Å². The van der Waals surface area contributed by atoms with Crippen molar-refractivity contribution in [2.45, 2.75) is 46.2 Å². The number of hydrogen-bond donors (Lipinski definition) is 1. The van der Waals surface area contributed by atoms with Crippen LogP contribution in [0.15, 0.2) is 60.8 Å². The second kappa shape index (κ2) is 9.76. The maximum atomic E-state index is 13.5. The largest absolute Gasteiger partial charge is 0.416 e. The van der Waals surface area contributed by atoms with Gasteiger partial charge in [-0.2, -0.15) is 13.2 Å². The van der Waals surface area contributed by atoms with Gasteiger partial charge < -0.3 is 10.2 Å². The van der Waals surface area contributed by atoms with E-state index in [0.29, 0.717) is 29.7 Å². The van der Waals surface area contributed by atoms with Crippen molar-refractivity contribution in [3.05, 3.63) is 71.9 Å². The molecule has 5 nitrogen and oxygen atoms in total. The predicted octanol–water partition coefficient (Wildman–Crippen LogP) is 6.84. The Labute approximate surface area is 208 Å². The first-order valence-corrected chi connectivity index (χ1v) is 11.9. The van der Waals surface area contributed by atoms with Gasteiger partial charge in [0.05, 0.1) is 16.8 Å². The molecule has 0 radical (unpaired) electrons. The SMILES string of the molecule is CCCC(C)(C)C(=O)N1CC/C(=C\C(=O)Nc2ccc3cccnc3c2)c2ccc(C(F)(F)F)cc21. The fraction of sp³-hybridized carbons (Fsp3) is 0.321. The van der Waals surface area contributed by atoms with Crippen molar-refractivity contribution in [2.24, 2.45) is 5.41 Å². The lowest BCUT2D eigenvalue weighted by atomic mass is 9.84. The Morgan fingerprint density at radius 2 is 1.89 bits per heavy atom. The van der Waals surface area contributed by atoms with Gasteiger partial charge in [0.15, 0.2) is 0 Å². The number of benzene rings is 2. The molecule has 36 heavy (non-hydrogen) atoms. The van der Waals surface area contributed by atoms with Gasteiger partial charge in [-0.1, -0.05) is 45.4 Å². The summed E-state index contributed by atoms with van der Waals surface area (Å²) >= 11 is 0. The molecule has 0 bridgehead atoms. The van der Waals surface area contributed by atoms with Crippen molar-refractivity contribution in [1.82, 2.24) is 4.98 Å². The van der Waals surface area contributed by atoms with Gasteiger partial charge in [-0.05, 0) is 48.7 Å². The van der Waals surface area contributed by atoms with Crippen LogP contribution >= 0.6 is 0 Å². The van der Waals surface area contributed by atoms with Crippen LogP contribution < -0.4 is 10.2 Å². The van der Waals surface area contributed by atoms with Gasteiger partial charge in [0.1, 0.15) is 0 Å². The van der Waals surface area contributed by atoms with Gasteiger partial charge in [-0.25, -0.2) is 0 Å². The molecule has 4 rings (SSSR count). The van der Waals surface area contributed by atoms with Gasteiger partial charge in [-0.15, -0.1) is 0 Å². The summed E-state index contributed by atoms with van der Waals surface area (Å²) in [4.78, 5) is 31.9. The van der Waals surface area contributed by atoms with Crippen LogP contribution in [0.2, 0.25) is 0 Å². The summed E-state index contributed by atoms with van der Waals surface area (Å²) in [7, 11) is 0. The molecule has 0 aliphatic carbocycles. The molecule has 0 saturated carbocycles. The van der Waals surface area contributed by atoms with Crippen molar-refractivity contribution in [3.8, 4) is 0 Å². The van der Waals surface area contributed by atoms with Crippen molar-refractivity contribution in [1.29, 1.82) is 0 Å². The fourth-order valence-electron chi connectivity index (χ4n) is 4.63. The highest BCUT2D eigenvalue weighted by molar-refractivity contribution is 6.08. The zero-order valence-electron chi connectivity index (χ0n) is 20.4. The van der Waals surface area contributed by atoms with Crippen molar-refractivity contribution < 1.29 is 22.8 Å². The Morgan fingerprint density at radius 3 is 2.61 bits per heavy atom. The molecule has 1 aliphatic heterocycles. The summed E-state index contributed by atoms with van der Waals surface area (Å²) < 4.78 is 40.5. The molecule has 188 valence electrons. The van der Waals surface area contributed by atoms with Crippen LogP contribution in [0.25, 0.3) is 16.5 Å². The van der Waals surface area contributed by atoms with E-state index in [9.17, 15) is 22.8 Å². The standard InChI is InChI=1S/C28H28F3N3O2/c1-4-12-27(2,3)26(36)34-14-11-19(22-10-8-20(16-24(22)34)28(29,30)31)15-25(35)33-21-9-7-18-6-5-13-32-23(18)17-21/h5-10,13,15-17H,4,11-12,14H2,1-3H3,(H,33,35)/b19-15+. The van der Waals surface area contributed by atoms with E-state index in [2.05, 4.69) is 10.3 Å². The molecule has 3 aromatic rings. The van der Waals surface area contributed by atoms with Crippen molar-refractivity contribution in [2.75, 3.05) is 16.8 Å². The normalized spacial score (nSPS) is 15.2. The lowest BCUT2D eigenvalue weighted by Gasteiger charge is -2.37. The maximum Gasteiger partial charge on any atom is 0.416 e. The average Bonchev–Trinajstić information content (AvgIpc) is 2.82. The highest BCUT2D eigenvalue weighted by Crippen LogP contribution is 2.41. The van der Waals surface area contributed by atoms with Gasteiger partial charge in [0, 0.05) is 40.9 Å². The number of hydrogen-bond acceptors (Lipinski definition) is 3. The molecule has 2 aromatic carbocycles. The molecule has 2 amide bonds. The Balaban J connectivity index is 1.67. The molecule has 0 spiro atoms. The molecular weight excluding hydrogens is 467 g/mol. The number of alkyl halides is 3. The summed E-state index contributed by atoms with van der Waals surface area (Å²) in [5.74, 6) is -0.630. The number of rotatable bonds is 5. The van der Waals surface area contributed by atoms with E-state index in [4.69, 9.17) is 0 Å². The smallest absolute Gasteiger partial charge is 0.322 e. The fourth-order valence-corrected chi connectivity index (χ4v) is 4.63. The van der Waals surface area contributed by atoms with Crippen LogP contribution in [0.4, 0.5) is 24.5 Å². The first-order valence-electron chi connectivity index (χ1n) is 11.9. The molecule has 1 aromatic heterocycles. The Kier molecular flexibility index (Phi) is 6.89. The molecule has 1 aliphatic rings. The lowest BCUT2D eigenvalue weighted by Crippen LogP contribution is -2.43. The molecule has 8 heteroatoms. The van der Waals surface area contributed by atoms with Gasteiger partial charge in [0.25, 0.3) is 0 Å². The molecule has 0 saturated heterocycles. The Morgan fingerprint density at radius 1 is 1.11 bits per heavy atom. The average molecular weight is 496 g/mol. The van der Waals surface area contributed by atoms with Crippen LogP contribution in [-0.2, 0) is 15.8 Å². The predicted molar refractivity (Wildman–Crippen MR) is 135 cm³/mol. The molecule has 1 N–H and O–H groups in total. The number of aromatic nitrogens is 1. The monoisotopic (exact) mass is 495 g/mol. The van der Waals surface area contributed by atoms with Crippen LogP contribution in [-0.4, -0.2) is 23.3 Å². The van der Waals surface area contributed by atoms with E-state index >= 15 is 0 Å². The third kappa shape index (κ3) is 5.27. The summed E-state index contributed by atoms with van der Waals surface area (Å²) in [5.41, 5.74) is 0.945. The van der Waals surface area contributed by atoms with E-state index < -0.39 is 23.1 Å². The summed E-state index contributed by atoms with van der Waals surface area (Å²) in [5, 5.41) is 3.74. The number of nitrogens with one attached hydrogen (secondary N) is 1. The number of pyridine rings is 1. The second-order valence-electron chi connectivity index (χ2n) is 9.64. The molecule has 2 heterocycles. The summed E-state index contributed by atoms with van der Waals surface area (Å²) in [6.45, 7) is 5.78. The summed E-state index contributed by atoms with van der Waals surface area (Å²) in [6.07, 6.45) is 0.247. The molecule has 0 fully saturated rings. The van der Waals surface area contributed by atoms with Crippen molar-refractivity contribution in [3.63, 3.8) is 0 Å². The van der Waals surface area contributed by atoms with Crippen LogP contribution in [0.3, 0.4) is 0 Å². The number of amides is 2. The number of anilines is 2. The molecular formula is C28H28F3N3O2. The highest BCUT2D eigenvalue weighted by atomic mass is 19.4. The minimum atomic E-state index is -4.55. The minimum Gasteiger partial charge on any atom is -0.322 e. The topological polar surface area (TPSA) is 62.3 Å². The number of halogens is 3. The maximum absolute atomic E-state index is 13.5. The molecule has 0 atom stereocenters. The Hall–Kier alpha value is -3.68. The lowest BCUT2D eigenvalue weighted by molar-refractivity contribution is -0.137. The van der Waals surface area contributed by atoms with E-state index in [-0.39, 0.29) is 18.1 Å². The van der Waals surface area contributed by atoms with E-state index in [1.165, 1.54) is 17.0 Å². The van der Waals surface area contributed by atoms with Gasteiger partial charge >= 0.3 is 6.18 Å².